The lowest BCUT2D eigenvalue weighted by atomic mass is 9.67. The first-order valence-electron chi connectivity index (χ1n) is 7.09. The number of allylic oxidation sites excluding steroid dienone is 1. The van der Waals surface area contributed by atoms with Crippen LogP contribution in [-0.4, -0.2) is 34.8 Å². The molecule has 0 aromatic carbocycles. The number of hydrogen-bond acceptors (Lipinski definition) is 2. The molecule has 1 amide bonds. The monoisotopic (exact) mass is 304 g/mol. The Bertz CT molecular complexity index is 610. The van der Waals surface area contributed by atoms with Crippen LogP contribution < -0.4 is 0 Å². The second kappa shape index (κ2) is 5.07. The summed E-state index contributed by atoms with van der Waals surface area (Å²) in [5, 5.41) is -0.954. The van der Waals surface area contributed by atoms with Crippen molar-refractivity contribution in [3.05, 3.63) is 34.8 Å². The van der Waals surface area contributed by atoms with Gasteiger partial charge in [0.15, 0.2) is 5.78 Å². The lowest BCUT2D eigenvalue weighted by Crippen LogP contribution is -2.55. The fourth-order valence-corrected chi connectivity index (χ4v) is 3.97. The summed E-state index contributed by atoms with van der Waals surface area (Å²) in [6, 6.07) is 0. The lowest BCUT2D eigenvalue weighted by Gasteiger charge is -2.46. The van der Waals surface area contributed by atoms with Crippen LogP contribution >= 0.6 is 9.24 Å². The van der Waals surface area contributed by atoms with E-state index in [9.17, 15) is 9.59 Å². The van der Waals surface area contributed by atoms with Crippen molar-refractivity contribution >= 4 is 20.9 Å². The van der Waals surface area contributed by atoms with Gasteiger partial charge in [0.2, 0.25) is 11.6 Å². The highest BCUT2D eigenvalue weighted by Gasteiger charge is 2.53. The highest BCUT2D eigenvalue weighted by atomic mass is 31.0. The van der Waals surface area contributed by atoms with Crippen molar-refractivity contribution in [2.75, 3.05) is 13.1 Å². The Morgan fingerprint density at radius 1 is 1.43 bits per heavy atom. The molecular formula is C16H21N2O2P. The number of Topliss-reactive ketones (excluding diaryl/α,β-unsaturated/α-hetero) is 1. The largest absolute Gasteiger partial charge is 0.337 e. The quantitative estimate of drug-likeness (QED) is 0.447. The van der Waals surface area contributed by atoms with Crippen LogP contribution in [0.25, 0.3) is 4.85 Å². The summed E-state index contributed by atoms with van der Waals surface area (Å²) in [6.45, 7) is 16.1. The molecule has 21 heavy (non-hydrogen) atoms. The zero-order chi connectivity index (χ0) is 16.0. The van der Waals surface area contributed by atoms with E-state index in [1.807, 2.05) is 6.08 Å². The molecular weight excluding hydrogens is 283 g/mol. The van der Waals surface area contributed by atoms with Crippen LogP contribution in [0.4, 0.5) is 0 Å². The third-order valence-electron chi connectivity index (χ3n) is 4.15. The minimum absolute atomic E-state index is 0.0413. The summed E-state index contributed by atoms with van der Waals surface area (Å²) in [4.78, 5) is 30.4. The SMILES string of the molecule is [C-]#[N+]C1=C[C@]2(P)C(=O)N(CC(C)C)CC=C2C(C)(C)C1=O. The maximum Gasteiger partial charge on any atom is 0.239 e. The van der Waals surface area contributed by atoms with Gasteiger partial charge in [0.1, 0.15) is 0 Å². The molecule has 0 aromatic heterocycles. The zero-order valence-corrected chi connectivity index (χ0v) is 14.1. The number of nitrogens with zero attached hydrogens (tertiary/aromatic N) is 2. The first kappa shape index (κ1) is 15.9. The number of amides is 1. The van der Waals surface area contributed by atoms with Crippen LogP contribution in [-0.2, 0) is 9.59 Å². The molecule has 1 unspecified atom stereocenters. The van der Waals surface area contributed by atoms with E-state index in [2.05, 4.69) is 27.9 Å². The van der Waals surface area contributed by atoms with Crippen LogP contribution in [0.15, 0.2) is 23.4 Å². The fourth-order valence-electron chi connectivity index (χ4n) is 3.15. The van der Waals surface area contributed by atoms with Crippen LogP contribution in [0, 0.1) is 17.9 Å². The number of hydrogen-bond donors (Lipinski definition) is 0. The lowest BCUT2D eigenvalue weighted by molar-refractivity contribution is -0.133. The molecule has 0 bridgehead atoms. The number of ketones is 1. The Kier molecular flexibility index (Phi) is 3.84. The van der Waals surface area contributed by atoms with Gasteiger partial charge in [-0.15, -0.1) is 9.24 Å². The van der Waals surface area contributed by atoms with Gasteiger partial charge in [0.25, 0.3) is 0 Å². The molecule has 0 spiro atoms. The van der Waals surface area contributed by atoms with E-state index in [1.54, 1.807) is 18.7 Å². The highest BCUT2D eigenvalue weighted by molar-refractivity contribution is 7.22. The first-order chi connectivity index (χ1) is 9.64. The third-order valence-corrected chi connectivity index (χ3v) is 4.87. The first-order valence-corrected chi connectivity index (χ1v) is 7.66. The Balaban J connectivity index is 2.57. The Morgan fingerprint density at radius 3 is 2.57 bits per heavy atom. The van der Waals surface area contributed by atoms with E-state index in [0.29, 0.717) is 19.0 Å². The molecule has 2 atom stereocenters. The van der Waals surface area contributed by atoms with Gasteiger partial charge in [0.05, 0.1) is 11.7 Å². The number of rotatable bonds is 2. The van der Waals surface area contributed by atoms with Crippen molar-refractivity contribution in [3.8, 4) is 0 Å². The van der Waals surface area contributed by atoms with E-state index in [1.165, 1.54) is 6.08 Å². The van der Waals surface area contributed by atoms with Crippen LogP contribution in [0.2, 0.25) is 0 Å². The average molecular weight is 304 g/mol. The Labute approximate surface area is 128 Å². The van der Waals surface area contributed by atoms with Crippen LogP contribution in [0.5, 0.6) is 0 Å². The van der Waals surface area contributed by atoms with Gasteiger partial charge in [-0.3, -0.25) is 4.79 Å². The summed E-state index contributed by atoms with van der Waals surface area (Å²) in [5.74, 6) is 0.132. The summed E-state index contributed by atoms with van der Waals surface area (Å²) >= 11 is 0. The second-order valence-electron chi connectivity index (χ2n) is 6.69. The minimum atomic E-state index is -0.954. The molecule has 0 saturated carbocycles. The molecule has 0 N–H and O–H groups in total. The van der Waals surface area contributed by atoms with Gasteiger partial charge < -0.3 is 9.69 Å². The summed E-state index contributed by atoms with van der Waals surface area (Å²) in [7, 11) is 2.58. The molecule has 0 fully saturated rings. The molecule has 2 aliphatic rings. The molecule has 0 aromatic rings. The summed E-state index contributed by atoms with van der Waals surface area (Å²) < 4.78 is 0. The average Bonchev–Trinajstić information content (AvgIpc) is 2.39. The predicted molar refractivity (Wildman–Crippen MR) is 85.4 cm³/mol. The topological polar surface area (TPSA) is 41.7 Å². The van der Waals surface area contributed by atoms with Crippen molar-refractivity contribution < 1.29 is 9.59 Å². The van der Waals surface area contributed by atoms with E-state index >= 15 is 0 Å². The number of carbonyl (C=O) groups is 2. The maximum absolute atomic E-state index is 12.9. The zero-order valence-electron chi connectivity index (χ0n) is 12.9. The molecule has 5 heteroatoms. The molecule has 1 aliphatic carbocycles. The fraction of sp³-hybridized carbons (Fsp3) is 0.562. The van der Waals surface area contributed by atoms with Gasteiger partial charge in [0, 0.05) is 18.5 Å². The van der Waals surface area contributed by atoms with Gasteiger partial charge in [-0.25, -0.2) is 4.85 Å². The van der Waals surface area contributed by atoms with Crippen LogP contribution in [0.3, 0.4) is 0 Å². The third kappa shape index (κ3) is 2.34. The van der Waals surface area contributed by atoms with Crippen molar-refractivity contribution in [1.29, 1.82) is 0 Å². The molecule has 0 radical (unpaired) electrons. The Hall–Kier alpha value is -1.46. The van der Waals surface area contributed by atoms with Crippen molar-refractivity contribution in [2.45, 2.75) is 32.9 Å². The molecule has 1 aliphatic heterocycles. The Morgan fingerprint density at radius 2 is 2.05 bits per heavy atom. The number of carbonyl (C=O) groups excluding carboxylic acids is 2. The standard InChI is InChI=1S/C16H21N2O2P/c1-10(2)9-18-7-6-12-15(3,4)13(19)11(17-5)8-16(12,21)14(18)20/h6,8,10H,7,9,21H2,1-4H3/t16-/m1/s1. The van der Waals surface area contributed by atoms with Gasteiger partial charge >= 0.3 is 0 Å². The van der Waals surface area contributed by atoms with E-state index in [4.69, 9.17) is 6.57 Å². The van der Waals surface area contributed by atoms with E-state index < -0.39 is 10.6 Å². The maximum atomic E-state index is 12.9. The summed E-state index contributed by atoms with van der Waals surface area (Å²) in [6.07, 6.45) is 3.50. The van der Waals surface area contributed by atoms with Crippen LogP contribution in [0.1, 0.15) is 27.7 Å². The second-order valence-corrected chi connectivity index (χ2v) is 7.60. The minimum Gasteiger partial charge on any atom is -0.337 e. The van der Waals surface area contributed by atoms with Gasteiger partial charge in [-0.1, -0.05) is 39.8 Å². The van der Waals surface area contributed by atoms with Crippen molar-refractivity contribution in [3.63, 3.8) is 0 Å². The van der Waals surface area contributed by atoms with Gasteiger partial charge in [-0.05, 0) is 11.5 Å². The van der Waals surface area contributed by atoms with Crippen molar-refractivity contribution in [2.24, 2.45) is 11.3 Å². The van der Waals surface area contributed by atoms with E-state index in [0.717, 1.165) is 5.57 Å². The molecule has 0 saturated heterocycles. The van der Waals surface area contributed by atoms with Gasteiger partial charge in [-0.2, -0.15) is 0 Å². The molecule has 1 heterocycles. The molecule has 112 valence electrons. The van der Waals surface area contributed by atoms with E-state index in [-0.39, 0.29) is 17.4 Å². The highest BCUT2D eigenvalue weighted by Crippen LogP contribution is 2.50. The smallest absolute Gasteiger partial charge is 0.239 e. The molecule has 2 rings (SSSR count). The predicted octanol–water partition coefficient (Wildman–Crippen LogP) is 2.44. The number of fused-ring (bicyclic) bond motifs is 1. The molecule has 4 nitrogen and oxygen atoms in total. The summed E-state index contributed by atoms with van der Waals surface area (Å²) in [5.41, 5.74) is 0.0463. The normalized spacial score (nSPS) is 28.0. The van der Waals surface area contributed by atoms with Crippen molar-refractivity contribution in [1.82, 2.24) is 4.90 Å².